The third kappa shape index (κ3) is 3.28. The van der Waals surface area contributed by atoms with Gasteiger partial charge in [-0.05, 0) is 13.8 Å². The molecule has 10 atom stereocenters. The number of hydrogen-bond donors (Lipinski definition) is 6. The first-order valence-electron chi connectivity index (χ1n) is 7.25. The van der Waals surface area contributed by atoms with Gasteiger partial charge in [0.2, 0.25) is 0 Å². The Balaban J connectivity index is 2.08. The first kappa shape index (κ1) is 18.0. The number of hydrogen-bond acceptors (Lipinski definition) is 9. The molecule has 0 bridgehead atoms. The molecule has 2 aliphatic heterocycles. The predicted octanol–water partition coefficient (Wildman–Crippen LogP) is -3.30. The van der Waals surface area contributed by atoms with E-state index in [9.17, 15) is 25.5 Å². The molecule has 22 heavy (non-hydrogen) atoms. The predicted molar refractivity (Wildman–Crippen MR) is 70.7 cm³/mol. The topological polar surface area (TPSA) is 149 Å². The second kappa shape index (κ2) is 7.04. The van der Waals surface area contributed by atoms with Gasteiger partial charge in [-0.25, -0.2) is 0 Å². The molecule has 0 aromatic carbocycles. The summed E-state index contributed by atoms with van der Waals surface area (Å²) in [7, 11) is 0. The molecule has 6 N–H and O–H groups in total. The maximum absolute atomic E-state index is 10.1. The Kier molecular flexibility index (Phi) is 5.75. The van der Waals surface area contributed by atoms with Crippen molar-refractivity contribution in [2.45, 2.75) is 75.1 Å². The number of ether oxygens (including phenoxy) is 3. The average molecular weight is 324 g/mol. The highest BCUT2D eigenvalue weighted by Gasteiger charge is 2.48. The van der Waals surface area contributed by atoms with Gasteiger partial charge in [0.05, 0.1) is 18.8 Å². The molecule has 0 radical (unpaired) electrons. The van der Waals surface area contributed by atoms with Gasteiger partial charge < -0.3 is 44.8 Å². The van der Waals surface area contributed by atoms with Crippen LogP contribution >= 0.6 is 0 Å². The van der Waals surface area contributed by atoms with Crippen LogP contribution in [0.5, 0.6) is 0 Å². The van der Waals surface area contributed by atoms with Crippen molar-refractivity contribution in [3.63, 3.8) is 0 Å². The lowest BCUT2D eigenvalue weighted by Crippen LogP contribution is -2.63. The Labute approximate surface area is 127 Å². The van der Waals surface area contributed by atoms with Gasteiger partial charge in [0.25, 0.3) is 0 Å². The zero-order valence-corrected chi connectivity index (χ0v) is 12.4. The van der Waals surface area contributed by atoms with E-state index in [4.69, 9.17) is 19.3 Å². The summed E-state index contributed by atoms with van der Waals surface area (Å²) in [5.41, 5.74) is 0. The van der Waals surface area contributed by atoms with Crippen LogP contribution in [0, 0.1) is 0 Å². The maximum Gasteiger partial charge on any atom is 0.187 e. The summed E-state index contributed by atoms with van der Waals surface area (Å²) in [5.74, 6) is 0. The fourth-order valence-electron chi connectivity index (χ4n) is 2.77. The highest BCUT2D eigenvalue weighted by molar-refractivity contribution is 4.93. The smallest absolute Gasteiger partial charge is 0.187 e. The number of aliphatic hydroxyl groups excluding tert-OH is 6. The molecule has 130 valence electrons. The lowest BCUT2D eigenvalue weighted by molar-refractivity contribution is -0.338. The molecule has 2 rings (SSSR count). The Bertz CT molecular complexity index is 365. The summed E-state index contributed by atoms with van der Waals surface area (Å²) in [6.45, 7) is 2.65. The molecular weight excluding hydrogens is 300 g/mol. The summed E-state index contributed by atoms with van der Waals surface area (Å²) in [6.07, 6.45) is -11.8. The number of rotatable bonds is 3. The third-order valence-corrected chi connectivity index (χ3v) is 4.20. The van der Waals surface area contributed by atoms with Crippen LogP contribution in [0.15, 0.2) is 0 Å². The molecule has 2 aliphatic rings. The van der Waals surface area contributed by atoms with E-state index in [1.54, 1.807) is 13.8 Å². The van der Waals surface area contributed by atoms with Gasteiger partial charge in [-0.3, -0.25) is 0 Å². The van der Waals surface area contributed by atoms with Crippen molar-refractivity contribution in [2.75, 3.05) is 6.61 Å². The number of aliphatic hydroxyl groups is 6. The molecule has 0 aromatic rings. The van der Waals surface area contributed by atoms with E-state index in [1.165, 1.54) is 0 Å². The van der Waals surface area contributed by atoms with Crippen LogP contribution < -0.4 is 0 Å². The van der Waals surface area contributed by atoms with Crippen LogP contribution in [0.4, 0.5) is 0 Å². The van der Waals surface area contributed by atoms with Crippen molar-refractivity contribution in [1.82, 2.24) is 0 Å². The summed E-state index contributed by atoms with van der Waals surface area (Å²) < 4.78 is 16.1. The molecule has 9 nitrogen and oxygen atoms in total. The zero-order chi connectivity index (χ0) is 16.6. The van der Waals surface area contributed by atoms with Crippen molar-refractivity contribution in [1.29, 1.82) is 0 Å². The quantitative estimate of drug-likeness (QED) is 0.314. The van der Waals surface area contributed by atoms with Crippen molar-refractivity contribution in [3.8, 4) is 0 Å². The Hall–Kier alpha value is -0.360. The van der Waals surface area contributed by atoms with E-state index >= 15 is 0 Å². The summed E-state index contributed by atoms with van der Waals surface area (Å²) >= 11 is 0. The van der Waals surface area contributed by atoms with Crippen LogP contribution in [0.1, 0.15) is 13.8 Å². The van der Waals surface area contributed by atoms with Gasteiger partial charge in [0.1, 0.15) is 42.7 Å². The van der Waals surface area contributed by atoms with Crippen LogP contribution in [-0.4, -0.2) is 98.5 Å². The standard InChI is InChI=1S/C13H24O9/c1-4-7(15)10(18)12(5(2)20-4)22-13-11(19)9(17)8(16)6(3-14)21-13/h4-19H,3H2,1-2H3/t4?,5-,6?,7-,8-,9?,10?,11?,12?,13-/m0/s1. The molecule has 0 spiro atoms. The first-order valence-corrected chi connectivity index (χ1v) is 7.25. The minimum atomic E-state index is -1.58. The molecule has 2 heterocycles. The Morgan fingerprint density at radius 1 is 0.773 bits per heavy atom. The summed E-state index contributed by atoms with van der Waals surface area (Å²) in [4.78, 5) is 0. The summed E-state index contributed by atoms with van der Waals surface area (Å²) in [6, 6.07) is 0. The lowest BCUT2D eigenvalue weighted by atomic mass is 9.95. The molecule has 9 heteroatoms. The minimum Gasteiger partial charge on any atom is -0.394 e. The highest BCUT2D eigenvalue weighted by Crippen LogP contribution is 2.28. The molecule has 2 saturated heterocycles. The SMILES string of the molecule is CC1O[C@@H](C)C(O[C@@H]2OC(CO)[C@H](O)C(O)C2O)C(O)[C@H]1O. The van der Waals surface area contributed by atoms with Gasteiger partial charge in [-0.2, -0.15) is 0 Å². The van der Waals surface area contributed by atoms with Gasteiger partial charge in [-0.1, -0.05) is 0 Å². The Morgan fingerprint density at radius 3 is 2.00 bits per heavy atom. The van der Waals surface area contributed by atoms with E-state index in [2.05, 4.69) is 0 Å². The molecule has 6 unspecified atom stereocenters. The fraction of sp³-hybridized carbons (Fsp3) is 1.00. The normalized spacial score (nSPS) is 53.5. The molecule has 0 saturated carbocycles. The Morgan fingerprint density at radius 2 is 1.41 bits per heavy atom. The van der Waals surface area contributed by atoms with Gasteiger partial charge in [-0.15, -0.1) is 0 Å². The molecule has 0 aromatic heterocycles. The van der Waals surface area contributed by atoms with Gasteiger partial charge in [0.15, 0.2) is 6.29 Å². The fourth-order valence-corrected chi connectivity index (χ4v) is 2.77. The van der Waals surface area contributed by atoms with Gasteiger partial charge >= 0.3 is 0 Å². The minimum absolute atomic E-state index is 0.580. The van der Waals surface area contributed by atoms with E-state index in [-0.39, 0.29) is 0 Å². The maximum atomic E-state index is 10.1. The largest absolute Gasteiger partial charge is 0.394 e. The van der Waals surface area contributed by atoms with Crippen LogP contribution in [-0.2, 0) is 14.2 Å². The van der Waals surface area contributed by atoms with Gasteiger partial charge in [0, 0.05) is 0 Å². The first-order chi connectivity index (χ1) is 10.3. The molecular formula is C13H24O9. The second-order valence-electron chi connectivity index (χ2n) is 5.83. The van der Waals surface area contributed by atoms with Crippen molar-refractivity contribution in [2.24, 2.45) is 0 Å². The average Bonchev–Trinajstić information content (AvgIpc) is 2.49. The van der Waals surface area contributed by atoms with E-state index in [0.29, 0.717) is 0 Å². The monoisotopic (exact) mass is 324 g/mol. The van der Waals surface area contributed by atoms with Crippen LogP contribution in [0.3, 0.4) is 0 Å². The van der Waals surface area contributed by atoms with E-state index in [1.807, 2.05) is 0 Å². The van der Waals surface area contributed by atoms with Crippen LogP contribution in [0.2, 0.25) is 0 Å². The lowest BCUT2D eigenvalue weighted by Gasteiger charge is -2.45. The van der Waals surface area contributed by atoms with E-state index < -0.39 is 67.8 Å². The van der Waals surface area contributed by atoms with Crippen LogP contribution in [0.25, 0.3) is 0 Å². The van der Waals surface area contributed by atoms with Crippen molar-refractivity contribution < 1.29 is 44.8 Å². The molecule has 2 fully saturated rings. The second-order valence-corrected chi connectivity index (χ2v) is 5.83. The zero-order valence-electron chi connectivity index (χ0n) is 12.4. The van der Waals surface area contributed by atoms with Crippen molar-refractivity contribution in [3.05, 3.63) is 0 Å². The summed E-state index contributed by atoms with van der Waals surface area (Å²) in [5, 5.41) is 58.4. The third-order valence-electron chi connectivity index (χ3n) is 4.20. The molecule has 0 amide bonds. The van der Waals surface area contributed by atoms with Crippen molar-refractivity contribution >= 4 is 0 Å². The highest BCUT2D eigenvalue weighted by atomic mass is 16.7. The van der Waals surface area contributed by atoms with E-state index in [0.717, 1.165) is 0 Å². The molecule has 0 aliphatic carbocycles.